The molecule has 1 saturated heterocycles. The van der Waals surface area contributed by atoms with Crippen LogP contribution in [0.15, 0.2) is 12.3 Å². The lowest BCUT2D eigenvalue weighted by molar-refractivity contribution is -0.145. The summed E-state index contributed by atoms with van der Waals surface area (Å²) in [5.74, 6) is 0.289. The highest BCUT2D eigenvalue weighted by atomic mass is 16.5. The topological polar surface area (TPSA) is 86.8 Å². The van der Waals surface area contributed by atoms with E-state index in [1.807, 2.05) is 13.0 Å². The van der Waals surface area contributed by atoms with Gasteiger partial charge in [-0.15, -0.1) is 0 Å². The number of methoxy groups -OCH3 is 1. The Morgan fingerprint density at radius 3 is 2.82 bits per heavy atom. The molecule has 3 rings (SSSR count). The zero-order valence-corrected chi connectivity index (χ0v) is 16.7. The van der Waals surface area contributed by atoms with Crippen LogP contribution in [0.4, 0.5) is 0 Å². The molecular weight excluding hydrogens is 360 g/mol. The number of aromatic nitrogens is 1. The summed E-state index contributed by atoms with van der Waals surface area (Å²) >= 11 is 0. The molecule has 154 valence electrons. The number of pyridine rings is 1. The van der Waals surface area contributed by atoms with E-state index in [9.17, 15) is 9.59 Å². The van der Waals surface area contributed by atoms with Gasteiger partial charge in [0.1, 0.15) is 6.61 Å². The lowest BCUT2D eigenvalue weighted by Crippen LogP contribution is -2.29. The van der Waals surface area contributed by atoms with Crippen molar-refractivity contribution in [1.29, 1.82) is 0 Å². The molecule has 2 aliphatic rings. The minimum Gasteiger partial charge on any atom is -0.488 e. The Kier molecular flexibility index (Phi) is 7.25. The highest BCUT2D eigenvalue weighted by molar-refractivity contribution is 5.95. The third-order valence-electron chi connectivity index (χ3n) is 5.39. The normalized spacial score (nSPS) is 19.9. The molecule has 1 aromatic heterocycles. The Labute approximate surface area is 166 Å². The molecule has 0 bridgehead atoms. The van der Waals surface area contributed by atoms with Crippen molar-refractivity contribution in [2.75, 3.05) is 26.9 Å². The summed E-state index contributed by atoms with van der Waals surface area (Å²) in [7, 11) is 1.38. The van der Waals surface area contributed by atoms with E-state index in [0.717, 1.165) is 37.9 Å². The van der Waals surface area contributed by atoms with Crippen LogP contribution in [0.25, 0.3) is 0 Å². The highest BCUT2D eigenvalue weighted by Gasteiger charge is 2.27. The van der Waals surface area contributed by atoms with Gasteiger partial charge in [-0.2, -0.15) is 0 Å². The van der Waals surface area contributed by atoms with Gasteiger partial charge in [-0.3, -0.25) is 9.59 Å². The molecule has 1 amide bonds. The third kappa shape index (κ3) is 5.44. The second-order valence-electron chi connectivity index (χ2n) is 7.51. The number of amides is 1. The van der Waals surface area contributed by atoms with Gasteiger partial charge in [-0.05, 0) is 56.1 Å². The lowest BCUT2D eigenvalue weighted by Gasteiger charge is -2.16. The molecule has 0 spiro atoms. The Balaban J connectivity index is 1.61. The van der Waals surface area contributed by atoms with Gasteiger partial charge in [-0.25, -0.2) is 4.98 Å². The Morgan fingerprint density at radius 1 is 1.36 bits per heavy atom. The van der Waals surface area contributed by atoms with E-state index >= 15 is 0 Å². The average Bonchev–Trinajstić information content (AvgIpc) is 3.44. The van der Waals surface area contributed by atoms with Crippen molar-refractivity contribution >= 4 is 11.9 Å². The van der Waals surface area contributed by atoms with Crippen LogP contribution in [0.5, 0.6) is 5.75 Å². The Bertz CT molecular complexity index is 683. The largest absolute Gasteiger partial charge is 0.488 e. The summed E-state index contributed by atoms with van der Waals surface area (Å²) in [5.41, 5.74) is 1.41. The number of hydrogen-bond donors (Lipinski definition) is 1. The standard InChI is InChI=1S/C21H30N2O5/c1-3-14(21(25)26-2)8-9-22-20(24)19-18(28-13-17-5-4-10-27-17)11-16(12-23-19)15-6-7-15/h11-12,14-15,17H,3-10,13H2,1-2H3,(H,22,24). The van der Waals surface area contributed by atoms with Crippen molar-refractivity contribution in [3.8, 4) is 5.75 Å². The summed E-state index contributed by atoms with van der Waals surface area (Å²) < 4.78 is 16.3. The zero-order chi connectivity index (χ0) is 19.9. The van der Waals surface area contributed by atoms with E-state index in [1.165, 1.54) is 7.11 Å². The number of ether oxygens (including phenoxy) is 3. The van der Waals surface area contributed by atoms with Gasteiger partial charge in [0, 0.05) is 19.3 Å². The van der Waals surface area contributed by atoms with E-state index < -0.39 is 0 Å². The molecule has 2 unspecified atom stereocenters. The van der Waals surface area contributed by atoms with Gasteiger partial charge in [0.15, 0.2) is 11.4 Å². The molecule has 1 saturated carbocycles. The monoisotopic (exact) mass is 390 g/mol. The lowest BCUT2D eigenvalue weighted by atomic mass is 10.0. The second kappa shape index (κ2) is 9.87. The highest BCUT2D eigenvalue weighted by Crippen LogP contribution is 2.41. The van der Waals surface area contributed by atoms with Crippen molar-refractivity contribution in [3.05, 3.63) is 23.5 Å². The van der Waals surface area contributed by atoms with Crippen molar-refractivity contribution in [3.63, 3.8) is 0 Å². The molecule has 7 heteroatoms. The maximum absolute atomic E-state index is 12.7. The first-order chi connectivity index (χ1) is 13.6. The first-order valence-corrected chi connectivity index (χ1v) is 10.2. The van der Waals surface area contributed by atoms with Crippen LogP contribution >= 0.6 is 0 Å². The number of carbonyl (C=O) groups excluding carboxylic acids is 2. The number of hydrogen-bond acceptors (Lipinski definition) is 6. The maximum atomic E-state index is 12.7. The van der Waals surface area contributed by atoms with Crippen LogP contribution in [0.1, 0.15) is 67.4 Å². The van der Waals surface area contributed by atoms with E-state index in [-0.39, 0.29) is 29.6 Å². The zero-order valence-electron chi connectivity index (χ0n) is 16.7. The van der Waals surface area contributed by atoms with Crippen molar-refractivity contribution in [1.82, 2.24) is 10.3 Å². The van der Waals surface area contributed by atoms with Gasteiger partial charge >= 0.3 is 5.97 Å². The summed E-state index contributed by atoms with van der Waals surface area (Å²) in [5, 5.41) is 2.85. The molecule has 1 aliphatic carbocycles. The summed E-state index contributed by atoms with van der Waals surface area (Å²) in [4.78, 5) is 28.7. The van der Waals surface area contributed by atoms with Gasteiger partial charge in [0.25, 0.3) is 5.91 Å². The van der Waals surface area contributed by atoms with Gasteiger partial charge in [0.2, 0.25) is 0 Å². The number of nitrogens with one attached hydrogen (secondary N) is 1. The molecule has 2 heterocycles. The number of rotatable bonds is 10. The van der Waals surface area contributed by atoms with Gasteiger partial charge in [-0.1, -0.05) is 6.92 Å². The molecule has 0 aromatic carbocycles. The van der Waals surface area contributed by atoms with E-state index in [0.29, 0.717) is 37.7 Å². The van der Waals surface area contributed by atoms with Crippen LogP contribution in [-0.2, 0) is 14.3 Å². The smallest absolute Gasteiger partial charge is 0.308 e. The fourth-order valence-corrected chi connectivity index (χ4v) is 3.44. The Morgan fingerprint density at radius 2 is 2.18 bits per heavy atom. The first-order valence-electron chi connectivity index (χ1n) is 10.2. The predicted molar refractivity (Wildman–Crippen MR) is 103 cm³/mol. The molecule has 2 fully saturated rings. The van der Waals surface area contributed by atoms with Crippen molar-refractivity contribution in [2.45, 2.75) is 57.5 Å². The molecule has 0 radical (unpaired) electrons. The molecule has 2 atom stereocenters. The van der Waals surface area contributed by atoms with E-state index in [1.54, 1.807) is 6.20 Å². The van der Waals surface area contributed by atoms with Gasteiger partial charge in [0.05, 0.1) is 19.1 Å². The molecular formula is C21H30N2O5. The van der Waals surface area contributed by atoms with Crippen LogP contribution in [-0.4, -0.2) is 49.8 Å². The second-order valence-corrected chi connectivity index (χ2v) is 7.51. The average molecular weight is 390 g/mol. The van der Waals surface area contributed by atoms with E-state index in [4.69, 9.17) is 14.2 Å². The third-order valence-corrected chi connectivity index (χ3v) is 5.39. The predicted octanol–water partition coefficient (Wildman–Crippen LogP) is 2.84. The number of carbonyl (C=O) groups is 2. The molecule has 7 nitrogen and oxygen atoms in total. The minimum atomic E-state index is -0.288. The minimum absolute atomic E-state index is 0.0749. The van der Waals surface area contributed by atoms with Crippen LogP contribution in [0.2, 0.25) is 0 Å². The number of nitrogens with zero attached hydrogens (tertiary/aromatic N) is 1. The molecule has 1 aliphatic heterocycles. The van der Waals surface area contributed by atoms with Crippen molar-refractivity contribution < 1.29 is 23.8 Å². The molecule has 28 heavy (non-hydrogen) atoms. The SMILES string of the molecule is CCC(CCNC(=O)c1ncc(C2CC2)cc1OCC1CCCO1)C(=O)OC. The van der Waals surface area contributed by atoms with Gasteiger partial charge < -0.3 is 19.5 Å². The first kappa shape index (κ1) is 20.6. The summed E-state index contributed by atoms with van der Waals surface area (Å²) in [6.45, 7) is 3.50. The fourth-order valence-electron chi connectivity index (χ4n) is 3.44. The summed E-state index contributed by atoms with van der Waals surface area (Å²) in [6.07, 6.45) is 7.38. The Hall–Kier alpha value is -2.15. The fraction of sp³-hybridized carbons (Fsp3) is 0.667. The van der Waals surface area contributed by atoms with Crippen LogP contribution in [0.3, 0.4) is 0 Å². The molecule has 1 N–H and O–H groups in total. The quantitative estimate of drug-likeness (QED) is 0.618. The molecule has 1 aromatic rings. The summed E-state index contributed by atoms with van der Waals surface area (Å²) in [6, 6.07) is 1.94. The van der Waals surface area contributed by atoms with E-state index in [2.05, 4.69) is 10.3 Å². The maximum Gasteiger partial charge on any atom is 0.308 e. The van der Waals surface area contributed by atoms with Crippen LogP contribution < -0.4 is 10.1 Å². The van der Waals surface area contributed by atoms with Crippen molar-refractivity contribution in [2.24, 2.45) is 5.92 Å². The van der Waals surface area contributed by atoms with Crippen LogP contribution in [0, 0.1) is 5.92 Å². The number of esters is 1.